The van der Waals surface area contributed by atoms with Gasteiger partial charge in [-0.1, -0.05) is 17.9 Å². The highest BCUT2D eigenvalue weighted by Gasteiger charge is 2.03. The second-order valence-corrected chi connectivity index (χ2v) is 4.18. The van der Waals surface area contributed by atoms with Gasteiger partial charge >= 0.3 is 0 Å². The number of rotatable bonds is 7. The topological polar surface area (TPSA) is 80.3 Å². The third-order valence-electron chi connectivity index (χ3n) is 2.57. The van der Waals surface area contributed by atoms with Gasteiger partial charge < -0.3 is 9.84 Å². The van der Waals surface area contributed by atoms with E-state index in [2.05, 4.69) is 11.8 Å². The summed E-state index contributed by atoms with van der Waals surface area (Å²) >= 11 is 0. The van der Waals surface area contributed by atoms with Gasteiger partial charge in [0.25, 0.3) is 0 Å². The predicted molar refractivity (Wildman–Crippen MR) is 78.2 cm³/mol. The molecule has 108 valence electrons. The summed E-state index contributed by atoms with van der Waals surface area (Å²) in [4.78, 5) is 1.71. The molecule has 5 heteroatoms. The van der Waals surface area contributed by atoms with Gasteiger partial charge in [0.05, 0.1) is 31.8 Å². The van der Waals surface area contributed by atoms with Crippen molar-refractivity contribution in [2.45, 2.75) is 6.42 Å². The van der Waals surface area contributed by atoms with E-state index in [1.54, 1.807) is 4.90 Å². The van der Waals surface area contributed by atoms with Gasteiger partial charge in [-0.15, -0.1) is 0 Å². The molecule has 0 atom stereocenters. The molecule has 0 aliphatic carbocycles. The lowest BCUT2D eigenvalue weighted by atomic mass is 10.2. The number of nitriles is 2. The van der Waals surface area contributed by atoms with Crippen molar-refractivity contribution in [1.29, 1.82) is 10.5 Å². The number of nitrogens with zero attached hydrogens (tertiary/aromatic N) is 3. The van der Waals surface area contributed by atoms with Crippen molar-refractivity contribution >= 4 is 0 Å². The summed E-state index contributed by atoms with van der Waals surface area (Å²) in [7, 11) is 0. The smallest absolute Gasteiger partial charge is 0.120 e. The molecule has 0 bridgehead atoms. The van der Waals surface area contributed by atoms with Crippen LogP contribution in [0, 0.1) is 34.5 Å². The molecule has 0 saturated heterocycles. The van der Waals surface area contributed by atoms with Crippen LogP contribution in [0.15, 0.2) is 24.3 Å². The first-order chi connectivity index (χ1) is 10.3. The van der Waals surface area contributed by atoms with Gasteiger partial charge in [-0.2, -0.15) is 10.5 Å². The van der Waals surface area contributed by atoms with Crippen molar-refractivity contribution in [3.63, 3.8) is 0 Å². The van der Waals surface area contributed by atoms with Crippen molar-refractivity contribution in [3.8, 4) is 29.7 Å². The molecule has 0 fully saturated rings. The van der Waals surface area contributed by atoms with Crippen LogP contribution < -0.4 is 4.74 Å². The molecule has 1 aromatic carbocycles. The summed E-state index contributed by atoms with van der Waals surface area (Å²) in [6.45, 7) is 1.39. The Kier molecular flexibility index (Phi) is 8.10. The van der Waals surface area contributed by atoms with E-state index in [-0.39, 0.29) is 19.7 Å². The van der Waals surface area contributed by atoms with E-state index in [1.165, 1.54) is 0 Å². The summed E-state index contributed by atoms with van der Waals surface area (Å²) in [5.41, 5.74) is 0.826. The molecule has 1 N–H and O–H groups in total. The summed E-state index contributed by atoms with van der Waals surface area (Å²) in [6.07, 6.45) is 0.447. The first-order valence-corrected chi connectivity index (χ1v) is 6.59. The lowest BCUT2D eigenvalue weighted by Crippen LogP contribution is -2.29. The molecule has 5 nitrogen and oxygen atoms in total. The molecular weight excluding hydrogens is 266 g/mol. The van der Waals surface area contributed by atoms with Crippen LogP contribution in [0.2, 0.25) is 0 Å². The minimum Gasteiger partial charge on any atom is -0.492 e. The van der Waals surface area contributed by atoms with Crippen LogP contribution in [0.5, 0.6) is 5.75 Å². The van der Waals surface area contributed by atoms with Gasteiger partial charge in [0.15, 0.2) is 0 Å². The quantitative estimate of drug-likeness (QED) is 0.599. The number of ether oxygens (including phenoxy) is 1. The lowest BCUT2D eigenvalue weighted by Gasteiger charge is -2.15. The van der Waals surface area contributed by atoms with Crippen molar-refractivity contribution < 1.29 is 9.84 Å². The third kappa shape index (κ3) is 6.99. The molecule has 0 heterocycles. The molecule has 0 amide bonds. The Morgan fingerprint density at radius 3 is 2.62 bits per heavy atom. The maximum absolute atomic E-state index is 8.68. The van der Waals surface area contributed by atoms with E-state index < -0.39 is 0 Å². The van der Waals surface area contributed by atoms with Gasteiger partial charge in [0.2, 0.25) is 0 Å². The predicted octanol–water partition coefficient (Wildman–Crippen LogP) is 1.15. The molecule has 0 aliphatic rings. The molecule has 1 rings (SSSR count). The van der Waals surface area contributed by atoms with E-state index >= 15 is 0 Å². The Morgan fingerprint density at radius 2 is 1.95 bits per heavy atom. The van der Waals surface area contributed by atoms with Crippen molar-refractivity contribution in [2.75, 3.05) is 32.8 Å². The molecule has 0 aromatic heterocycles. The van der Waals surface area contributed by atoms with Crippen LogP contribution in [-0.4, -0.2) is 42.9 Å². The fourth-order valence-electron chi connectivity index (χ4n) is 1.59. The molecule has 0 spiro atoms. The molecule has 0 saturated carbocycles. The summed E-state index contributed by atoms with van der Waals surface area (Å²) < 4.78 is 5.60. The number of hydrogen-bond donors (Lipinski definition) is 1. The SMILES string of the molecule is N#CCN(CC#N)CCOc1cccc(C#CCCO)c1. The Labute approximate surface area is 125 Å². The Balaban J connectivity index is 2.49. The fraction of sp³-hybridized carbons (Fsp3) is 0.375. The zero-order valence-electron chi connectivity index (χ0n) is 11.7. The summed E-state index contributed by atoms with van der Waals surface area (Å²) in [5.74, 6) is 6.48. The van der Waals surface area contributed by atoms with E-state index in [9.17, 15) is 0 Å². The average molecular weight is 283 g/mol. The maximum atomic E-state index is 8.68. The number of benzene rings is 1. The largest absolute Gasteiger partial charge is 0.492 e. The molecule has 0 unspecified atom stereocenters. The molecule has 1 aromatic rings. The second-order valence-electron chi connectivity index (χ2n) is 4.18. The van der Waals surface area contributed by atoms with Crippen molar-refractivity contribution in [1.82, 2.24) is 4.90 Å². The summed E-state index contributed by atoms with van der Waals surface area (Å²) in [6, 6.07) is 11.4. The lowest BCUT2D eigenvalue weighted by molar-refractivity contribution is 0.239. The second kappa shape index (κ2) is 10.3. The highest BCUT2D eigenvalue weighted by Crippen LogP contribution is 2.12. The number of aliphatic hydroxyl groups is 1. The number of hydrogen-bond acceptors (Lipinski definition) is 5. The van der Waals surface area contributed by atoms with E-state index in [0.717, 1.165) is 5.56 Å². The van der Waals surface area contributed by atoms with Gasteiger partial charge in [-0.25, -0.2) is 0 Å². The summed E-state index contributed by atoms with van der Waals surface area (Å²) in [5, 5.41) is 26.0. The van der Waals surface area contributed by atoms with Crippen LogP contribution in [0.25, 0.3) is 0 Å². The fourth-order valence-corrected chi connectivity index (χ4v) is 1.59. The highest BCUT2D eigenvalue weighted by atomic mass is 16.5. The highest BCUT2D eigenvalue weighted by molar-refractivity contribution is 5.39. The van der Waals surface area contributed by atoms with Gasteiger partial charge in [0, 0.05) is 18.5 Å². The van der Waals surface area contributed by atoms with Crippen molar-refractivity contribution in [3.05, 3.63) is 29.8 Å². The zero-order valence-corrected chi connectivity index (χ0v) is 11.7. The van der Waals surface area contributed by atoms with Crippen LogP contribution in [0.1, 0.15) is 12.0 Å². The van der Waals surface area contributed by atoms with Crippen LogP contribution in [-0.2, 0) is 0 Å². The number of aliphatic hydroxyl groups excluding tert-OH is 1. The Morgan fingerprint density at radius 1 is 1.19 bits per heavy atom. The molecular formula is C16H17N3O2. The normalized spacial score (nSPS) is 9.33. The molecule has 0 aliphatic heterocycles. The van der Waals surface area contributed by atoms with Crippen molar-refractivity contribution in [2.24, 2.45) is 0 Å². The zero-order chi connectivity index (χ0) is 15.3. The van der Waals surface area contributed by atoms with E-state index in [0.29, 0.717) is 25.3 Å². The first kappa shape index (κ1) is 16.5. The average Bonchev–Trinajstić information content (AvgIpc) is 2.48. The van der Waals surface area contributed by atoms with Crippen LogP contribution in [0.4, 0.5) is 0 Å². The van der Waals surface area contributed by atoms with E-state index in [4.69, 9.17) is 20.4 Å². The van der Waals surface area contributed by atoms with Crippen LogP contribution >= 0.6 is 0 Å². The van der Waals surface area contributed by atoms with Gasteiger partial charge in [-0.3, -0.25) is 4.90 Å². The molecule has 0 radical (unpaired) electrons. The first-order valence-electron chi connectivity index (χ1n) is 6.59. The van der Waals surface area contributed by atoms with Gasteiger partial charge in [0.1, 0.15) is 12.4 Å². The van der Waals surface area contributed by atoms with Crippen LogP contribution in [0.3, 0.4) is 0 Å². The maximum Gasteiger partial charge on any atom is 0.120 e. The minimum atomic E-state index is 0.0524. The third-order valence-corrected chi connectivity index (χ3v) is 2.57. The molecule has 21 heavy (non-hydrogen) atoms. The van der Waals surface area contributed by atoms with Gasteiger partial charge in [-0.05, 0) is 18.2 Å². The standard InChI is InChI=1S/C16H17N3O2/c17-7-9-19(10-8-18)11-13-21-16-6-3-5-15(14-16)4-1-2-12-20/h3,5-6,14,20H,2,9-13H2. The minimum absolute atomic E-state index is 0.0524. The van der Waals surface area contributed by atoms with E-state index in [1.807, 2.05) is 36.4 Å². The Bertz CT molecular complexity index is 560. The monoisotopic (exact) mass is 283 g/mol. The Hall–Kier alpha value is -2.52.